The monoisotopic (exact) mass is 211 g/mol. The Morgan fingerprint density at radius 3 is 3.00 bits per heavy atom. The molecule has 0 radical (unpaired) electrons. The number of pyridine rings is 1. The summed E-state index contributed by atoms with van der Waals surface area (Å²) in [4.78, 5) is 15.3. The van der Waals surface area contributed by atoms with E-state index in [1.807, 2.05) is 18.2 Å². The first-order valence-corrected chi connectivity index (χ1v) is 4.91. The quantitative estimate of drug-likeness (QED) is 0.612. The molecule has 0 aromatic carbocycles. The second-order valence-electron chi connectivity index (χ2n) is 2.83. The van der Waals surface area contributed by atoms with Crippen molar-refractivity contribution in [2.24, 2.45) is 5.73 Å². The van der Waals surface area contributed by atoms with E-state index in [2.05, 4.69) is 22.9 Å². The van der Waals surface area contributed by atoms with Crippen LogP contribution >= 0.6 is 12.6 Å². The van der Waals surface area contributed by atoms with Crippen molar-refractivity contribution in [2.45, 2.75) is 12.6 Å². The molecule has 0 aliphatic rings. The first-order chi connectivity index (χ1) is 6.74. The molecule has 3 N–H and O–H groups in total. The standard InChI is InChI=1S/C9H13N3OS/c10-8(6-14)9(13)12-5-7-3-1-2-4-11-7/h1-4,8,14H,5-6,10H2,(H,12,13). The van der Waals surface area contributed by atoms with Crippen molar-refractivity contribution in [3.05, 3.63) is 30.1 Å². The zero-order chi connectivity index (χ0) is 10.4. The molecule has 0 bridgehead atoms. The molecule has 0 fully saturated rings. The molecule has 0 saturated carbocycles. The van der Waals surface area contributed by atoms with Crippen LogP contribution in [0.15, 0.2) is 24.4 Å². The Kier molecular flexibility index (Phi) is 4.42. The number of carbonyl (C=O) groups is 1. The summed E-state index contributed by atoms with van der Waals surface area (Å²) in [5, 5.41) is 2.67. The number of hydrogen-bond donors (Lipinski definition) is 3. The predicted molar refractivity (Wildman–Crippen MR) is 57.9 cm³/mol. The van der Waals surface area contributed by atoms with Crippen LogP contribution in [0.3, 0.4) is 0 Å². The molecular formula is C9H13N3OS. The van der Waals surface area contributed by atoms with Gasteiger partial charge in [0.15, 0.2) is 0 Å². The number of amides is 1. The topological polar surface area (TPSA) is 68.0 Å². The Morgan fingerprint density at radius 1 is 1.64 bits per heavy atom. The molecular weight excluding hydrogens is 198 g/mol. The lowest BCUT2D eigenvalue weighted by atomic mass is 10.3. The van der Waals surface area contributed by atoms with Gasteiger partial charge in [0.1, 0.15) is 0 Å². The lowest BCUT2D eigenvalue weighted by Gasteiger charge is -2.08. The summed E-state index contributed by atoms with van der Waals surface area (Å²) in [6, 6.07) is 4.98. The molecule has 0 saturated heterocycles. The van der Waals surface area contributed by atoms with E-state index in [-0.39, 0.29) is 5.91 Å². The van der Waals surface area contributed by atoms with E-state index >= 15 is 0 Å². The van der Waals surface area contributed by atoms with Crippen molar-refractivity contribution >= 4 is 18.5 Å². The number of rotatable bonds is 4. The minimum Gasteiger partial charge on any atom is -0.349 e. The van der Waals surface area contributed by atoms with Gasteiger partial charge in [-0.05, 0) is 12.1 Å². The number of nitrogens with zero attached hydrogens (tertiary/aromatic N) is 1. The van der Waals surface area contributed by atoms with Crippen molar-refractivity contribution < 1.29 is 4.79 Å². The zero-order valence-corrected chi connectivity index (χ0v) is 8.58. The van der Waals surface area contributed by atoms with E-state index in [0.717, 1.165) is 5.69 Å². The largest absolute Gasteiger partial charge is 0.349 e. The van der Waals surface area contributed by atoms with Crippen LogP contribution in [0.25, 0.3) is 0 Å². The molecule has 5 heteroatoms. The number of thiol groups is 1. The maximum absolute atomic E-state index is 11.2. The van der Waals surface area contributed by atoms with Gasteiger partial charge >= 0.3 is 0 Å². The highest BCUT2D eigenvalue weighted by Gasteiger charge is 2.10. The summed E-state index contributed by atoms with van der Waals surface area (Å²) >= 11 is 3.93. The van der Waals surface area contributed by atoms with Gasteiger partial charge < -0.3 is 11.1 Å². The van der Waals surface area contributed by atoms with E-state index in [9.17, 15) is 4.79 Å². The van der Waals surface area contributed by atoms with Crippen LogP contribution in [0.4, 0.5) is 0 Å². The first kappa shape index (κ1) is 11.0. The van der Waals surface area contributed by atoms with Gasteiger partial charge in [-0.25, -0.2) is 0 Å². The van der Waals surface area contributed by atoms with Crippen molar-refractivity contribution in [1.82, 2.24) is 10.3 Å². The smallest absolute Gasteiger partial charge is 0.238 e. The Hall–Kier alpha value is -1.07. The van der Waals surface area contributed by atoms with Crippen LogP contribution in [-0.2, 0) is 11.3 Å². The average Bonchev–Trinajstić information content (AvgIpc) is 2.26. The Morgan fingerprint density at radius 2 is 2.43 bits per heavy atom. The Labute approximate surface area is 88.3 Å². The molecule has 4 nitrogen and oxygen atoms in total. The summed E-state index contributed by atoms with van der Waals surface area (Å²) < 4.78 is 0. The number of nitrogens with two attached hydrogens (primary N) is 1. The van der Waals surface area contributed by atoms with Gasteiger partial charge in [-0.3, -0.25) is 9.78 Å². The highest BCUT2D eigenvalue weighted by Crippen LogP contribution is 1.92. The molecule has 14 heavy (non-hydrogen) atoms. The third kappa shape index (κ3) is 3.35. The molecule has 0 aliphatic carbocycles. The molecule has 76 valence electrons. The van der Waals surface area contributed by atoms with Crippen LogP contribution in [0.1, 0.15) is 5.69 Å². The van der Waals surface area contributed by atoms with E-state index < -0.39 is 6.04 Å². The Balaban J connectivity index is 2.38. The van der Waals surface area contributed by atoms with E-state index in [4.69, 9.17) is 5.73 Å². The maximum Gasteiger partial charge on any atom is 0.238 e. The molecule has 1 atom stereocenters. The fourth-order valence-electron chi connectivity index (χ4n) is 0.894. The van der Waals surface area contributed by atoms with E-state index in [0.29, 0.717) is 12.3 Å². The van der Waals surface area contributed by atoms with Crippen LogP contribution in [0.5, 0.6) is 0 Å². The summed E-state index contributed by atoms with van der Waals surface area (Å²) in [5.41, 5.74) is 6.28. The van der Waals surface area contributed by atoms with Crippen LogP contribution < -0.4 is 11.1 Å². The van der Waals surface area contributed by atoms with Crippen molar-refractivity contribution in [2.75, 3.05) is 5.75 Å². The van der Waals surface area contributed by atoms with Crippen LogP contribution in [0.2, 0.25) is 0 Å². The van der Waals surface area contributed by atoms with E-state index in [1.165, 1.54) is 0 Å². The molecule has 1 heterocycles. The summed E-state index contributed by atoms with van der Waals surface area (Å²) in [7, 11) is 0. The fraction of sp³-hybridized carbons (Fsp3) is 0.333. The second-order valence-corrected chi connectivity index (χ2v) is 3.19. The number of nitrogens with one attached hydrogen (secondary N) is 1. The van der Waals surface area contributed by atoms with Crippen molar-refractivity contribution in [3.63, 3.8) is 0 Å². The molecule has 0 spiro atoms. The maximum atomic E-state index is 11.2. The molecule has 0 aliphatic heterocycles. The number of aromatic nitrogens is 1. The molecule has 1 aromatic heterocycles. The van der Waals surface area contributed by atoms with E-state index in [1.54, 1.807) is 6.20 Å². The number of hydrogen-bond acceptors (Lipinski definition) is 4. The van der Waals surface area contributed by atoms with Gasteiger partial charge in [0.25, 0.3) is 0 Å². The molecule has 1 rings (SSSR count). The SMILES string of the molecule is NC(CS)C(=O)NCc1ccccn1. The molecule has 1 amide bonds. The third-order valence-corrected chi connectivity index (χ3v) is 2.10. The first-order valence-electron chi connectivity index (χ1n) is 4.28. The normalized spacial score (nSPS) is 12.1. The van der Waals surface area contributed by atoms with Crippen LogP contribution in [0, 0.1) is 0 Å². The highest BCUT2D eigenvalue weighted by molar-refractivity contribution is 7.80. The lowest BCUT2D eigenvalue weighted by molar-refractivity contribution is -0.122. The van der Waals surface area contributed by atoms with Gasteiger partial charge in [-0.1, -0.05) is 6.07 Å². The third-order valence-electron chi connectivity index (χ3n) is 1.70. The highest BCUT2D eigenvalue weighted by atomic mass is 32.1. The predicted octanol–water partition coefficient (Wildman–Crippen LogP) is -0.0451. The van der Waals surface area contributed by atoms with Crippen molar-refractivity contribution in [3.8, 4) is 0 Å². The van der Waals surface area contributed by atoms with Gasteiger partial charge in [-0.15, -0.1) is 0 Å². The minimum atomic E-state index is -0.554. The van der Waals surface area contributed by atoms with Gasteiger partial charge in [0.05, 0.1) is 18.3 Å². The average molecular weight is 211 g/mol. The molecule has 1 aromatic rings. The summed E-state index contributed by atoms with van der Waals surface area (Å²) in [6.45, 7) is 0.404. The van der Waals surface area contributed by atoms with Gasteiger partial charge in [0, 0.05) is 11.9 Å². The van der Waals surface area contributed by atoms with Gasteiger partial charge in [0.2, 0.25) is 5.91 Å². The van der Waals surface area contributed by atoms with Crippen LogP contribution in [-0.4, -0.2) is 22.7 Å². The molecule has 1 unspecified atom stereocenters. The minimum absolute atomic E-state index is 0.203. The van der Waals surface area contributed by atoms with Gasteiger partial charge in [-0.2, -0.15) is 12.6 Å². The van der Waals surface area contributed by atoms with Crippen molar-refractivity contribution in [1.29, 1.82) is 0 Å². The number of carbonyl (C=O) groups excluding carboxylic acids is 1. The second kappa shape index (κ2) is 5.62. The summed E-state index contributed by atoms with van der Waals surface area (Å²) in [5.74, 6) is 0.138. The Bertz CT molecular complexity index is 291. The lowest BCUT2D eigenvalue weighted by Crippen LogP contribution is -2.41. The fourth-order valence-corrected chi connectivity index (χ4v) is 1.06. The zero-order valence-electron chi connectivity index (χ0n) is 7.68. The summed E-state index contributed by atoms with van der Waals surface area (Å²) in [6.07, 6.45) is 1.68.